The van der Waals surface area contributed by atoms with Crippen molar-refractivity contribution in [3.8, 4) is 0 Å². The fourth-order valence-corrected chi connectivity index (χ4v) is 0.982. The van der Waals surface area contributed by atoms with Gasteiger partial charge in [0, 0.05) is 13.0 Å². The number of carbonyl (C=O) groups is 1. The van der Waals surface area contributed by atoms with E-state index in [1.807, 2.05) is 0 Å². The van der Waals surface area contributed by atoms with E-state index in [1.165, 1.54) is 4.52 Å². The van der Waals surface area contributed by atoms with Gasteiger partial charge < -0.3 is 5.11 Å². The molecule has 0 atom stereocenters. The maximum Gasteiger partial charge on any atom is 0.303 e. The predicted octanol–water partition coefficient (Wildman–Crippen LogP) is -0.323. The Morgan fingerprint density at radius 2 is 2.50 bits per heavy atom. The highest BCUT2D eigenvalue weighted by molar-refractivity contribution is 7.77. The average Bonchev–Trinajstić information content (AvgIpc) is 2.36. The normalized spacial score (nSPS) is 16.6. The molecule has 1 rings (SSSR count). The van der Waals surface area contributed by atoms with Gasteiger partial charge in [-0.3, -0.25) is 9.80 Å². The van der Waals surface area contributed by atoms with E-state index in [0.717, 1.165) is 0 Å². The molecule has 7 heteroatoms. The lowest BCUT2D eigenvalue weighted by Gasteiger charge is -2.19. The summed E-state index contributed by atoms with van der Waals surface area (Å²) >= 11 is 3.99. The summed E-state index contributed by atoms with van der Waals surface area (Å²) in [5, 5.41) is 13.7. The molecule has 68 valence electrons. The Morgan fingerprint density at radius 1 is 1.75 bits per heavy atom. The number of hydrogen-bond donors (Lipinski definition) is 3. The second-order valence-electron chi connectivity index (χ2n) is 2.29. The molecule has 6 nitrogen and oxygen atoms in total. The van der Waals surface area contributed by atoms with Crippen molar-refractivity contribution >= 4 is 25.1 Å². The first-order valence-electron chi connectivity index (χ1n) is 3.46. The number of aliphatic carboxylic acids is 1. The molecule has 0 aromatic carbocycles. The molecule has 0 amide bonds. The van der Waals surface area contributed by atoms with Crippen LogP contribution in [0.15, 0.2) is 5.10 Å². The highest BCUT2D eigenvalue weighted by Gasteiger charge is 2.12. The minimum Gasteiger partial charge on any atom is -0.481 e. The van der Waals surface area contributed by atoms with E-state index in [2.05, 4.69) is 23.5 Å². The van der Waals surface area contributed by atoms with Crippen molar-refractivity contribution in [3.05, 3.63) is 0 Å². The van der Waals surface area contributed by atoms with Gasteiger partial charge in [0.25, 0.3) is 0 Å². The zero-order valence-electron chi connectivity index (χ0n) is 6.34. The average molecular weight is 190 g/mol. The third-order valence-electron chi connectivity index (χ3n) is 1.36. The number of thiol groups is 1. The Kier molecular flexibility index (Phi) is 3.18. The third-order valence-corrected chi connectivity index (χ3v) is 1.68. The van der Waals surface area contributed by atoms with E-state index >= 15 is 0 Å². The Morgan fingerprint density at radius 3 is 3.00 bits per heavy atom. The molecule has 0 spiro atoms. The van der Waals surface area contributed by atoms with E-state index in [4.69, 9.17) is 5.11 Å². The molecule has 0 aromatic heterocycles. The molecule has 12 heavy (non-hydrogen) atoms. The molecule has 0 bridgehead atoms. The van der Waals surface area contributed by atoms with Gasteiger partial charge in [0.15, 0.2) is 0 Å². The van der Waals surface area contributed by atoms with Crippen LogP contribution in [-0.4, -0.2) is 33.5 Å². The Bertz CT molecular complexity index is 198. The zero-order valence-corrected chi connectivity index (χ0v) is 7.24. The maximum atomic E-state index is 10.2. The van der Waals surface area contributed by atoms with Crippen LogP contribution < -0.4 is 5.53 Å². The van der Waals surface area contributed by atoms with Gasteiger partial charge >= 0.3 is 5.97 Å². The van der Waals surface area contributed by atoms with Crippen molar-refractivity contribution in [1.29, 1.82) is 0 Å². The molecule has 0 saturated carbocycles. The maximum absolute atomic E-state index is 10.2. The van der Waals surface area contributed by atoms with Crippen LogP contribution in [0.25, 0.3) is 0 Å². The van der Waals surface area contributed by atoms with Crippen LogP contribution in [0.1, 0.15) is 12.8 Å². The monoisotopic (exact) mass is 190 g/mol. The van der Waals surface area contributed by atoms with Gasteiger partial charge in [0.2, 0.25) is 0 Å². The molecule has 0 radical (unpaired) electrons. The second kappa shape index (κ2) is 4.17. The Balaban J connectivity index is 2.14. The van der Waals surface area contributed by atoms with Gasteiger partial charge in [-0.25, -0.2) is 5.53 Å². The predicted molar refractivity (Wildman–Crippen MR) is 46.0 cm³/mol. The molecule has 0 unspecified atom stereocenters. The SMILES string of the molecule is O=C(O)CCCN1C=NNN1S. The molecule has 2 N–H and O–H groups in total. The van der Waals surface area contributed by atoms with Crippen molar-refractivity contribution in [2.24, 2.45) is 5.10 Å². The molecule has 0 fully saturated rings. The number of rotatable bonds is 4. The van der Waals surface area contributed by atoms with E-state index in [-0.39, 0.29) is 6.42 Å². The number of hydrazone groups is 1. The van der Waals surface area contributed by atoms with Crippen molar-refractivity contribution in [3.63, 3.8) is 0 Å². The highest BCUT2D eigenvalue weighted by atomic mass is 32.1. The first kappa shape index (κ1) is 9.14. The lowest BCUT2D eigenvalue weighted by Crippen LogP contribution is -2.36. The van der Waals surface area contributed by atoms with Crippen LogP contribution >= 0.6 is 12.8 Å². The molecule has 1 aliphatic rings. The van der Waals surface area contributed by atoms with E-state index in [1.54, 1.807) is 11.3 Å². The number of nitrogens with one attached hydrogen (secondary N) is 1. The van der Waals surface area contributed by atoms with Gasteiger partial charge in [-0.2, -0.15) is 5.10 Å². The summed E-state index contributed by atoms with van der Waals surface area (Å²) in [6, 6.07) is 0. The molecular weight excluding hydrogens is 180 g/mol. The number of carboxylic acids is 1. The Labute approximate surface area is 75.3 Å². The summed E-state index contributed by atoms with van der Waals surface area (Å²) in [5.74, 6) is -0.787. The second-order valence-corrected chi connectivity index (χ2v) is 2.67. The summed E-state index contributed by atoms with van der Waals surface area (Å²) < 4.78 is 1.39. The van der Waals surface area contributed by atoms with Crippen LogP contribution in [0.3, 0.4) is 0 Å². The summed E-state index contributed by atoms with van der Waals surface area (Å²) in [6.07, 6.45) is 2.28. The van der Waals surface area contributed by atoms with Gasteiger partial charge in [0.05, 0.1) is 0 Å². The van der Waals surface area contributed by atoms with Gasteiger partial charge in [-0.15, -0.1) is 0 Å². The smallest absolute Gasteiger partial charge is 0.303 e. The fourth-order valence-electron chi connectivity index (χ4n) is 0.795. The summed E-state index contributed by atoms with van der Waals surface area (Å²) in [6.45, 7) is 0.590. The van der Waals surface area contributed by atoms with Gasteiger partial charge in [0.1, 0.15) is 6.34 Å². The van der Waals surface area contributed by atoms with Crippen LogP contribution in [0.5, 0.6) is 0 Å². The lowest BCUT2D eigenvalue weighted by atomic mass is 10.3. The van der Waals surface area contributed by atoms with Gasteiger partial charge in [-0.05, 0) is 19.2 Å². The third kappa shape index (κ3) is 2.59. The van der Waals surface area contributed by atoms with Crippen LogP contribution in [-0.2, 0) is 4.79 Å². The van der Waals surface area contributed by atoms with Crippen LogP contribution in [0, 0.1) is 0 Å². The van der Waals surface area contributed by atoms with Gasteiger partial charge in [-0.1, -0.05) is 4.52 Å². The topological polar surface area (TPSA) is 68.2 Å². The largest absolute Gasteiger partial charge is 0.481 e. The van der Waals surface area contributed by atoms with Crippen molar-refractivity contribution < 1.29 is 9.90 Å². The van der Waals surface area contributed by atoms with Crippen molar-refractivity contribution in [2.45, 2.75) is 12.8 Å². The first-order chi connectivity index (χ1) is 5.70. The van der Waals surface area contributed by atoms with E-state index < -0.39 is 5.97 Å². The number of carboxylic acid groups (broad SMARTS) is 1. The van der Waals surface area contributed by atoms with Crippen molar-refractivity contribution in [2.75, 3.05) is 6.54 Å². The number of hydrazine groups is 2. The van der Waals surface area contributed by atoms with Crippen LogP contribution in [0.4, 0.5) is 0 Å². The molecule has 0 aliphatic carbocycles. The molecule has 0 aromatic rings. The zero-order chi connectivity index (χ0) is 8.97. The minimum absolute atomic E-state index is 0.159. The minimum atomic E-state index is -0.787. The van der Waals surface area contributed by atoms with E-state index in [0.29, 0.717) is 13.0 Å². The standard InChI is InChI=1S/C5H10N4O2S/c10-5(11)2-1-3-8-4-6-7-9(8)12/h4,7,12H,1-3H2,(H,10,11). The fraction of sp³-hybridized carbons (Fsp3) is 0.600. The molecule has 1 aliphatic heterocycles. The molecule has 0 saturated heterocycles. The first-order valence-corrected chi connectivity index (χ1v) is 3.86. The quantitative estimate of drug-likeness (QED) is 0.530. The summed E-state index contributed by atoms with van der Waals surface area (Å²) in [7, 11) is 0. The summed E-state index contributed by atoms with van der Waals surface area (Å²) in [4.78, 5) is 10.2. The van der Waals surface area contributed by atoms with Crippen molar-refractivity contribution in [1.82, 2.24) is 15.1 Å². The lowest BCUT2D eigenvalue weighted by molar-refractivity contribution is -0.137. The number of hydrogen-bond acceptors (Lipinski definition) is 6. The molecular formula is C5H10N4O2S. The summed E-state index contributed by atoms with van der Waals surface area (Å²) in [5.41, 5.74) is 2.55. The van der Waals surface area contributed by atoms with Crippen LogP contribution in [0.2, 0.25) is 0 Å². The van der Waals surface area contributed by atoms with E-state index in [9.17, 15) is 4.79 Å². The number of nitrogens with zero attached hydrogens (tertiary/aromatic N) is 3. The Hall–Kier alpha value is -0.950. The molecule has 1 heterocycles. The highest BCUT2D eigenvalue weighted by Crippen LogP contribution is 2.02.